The van der Waals surface area contributed by atoms with Crippen molar-refractivity contribution in [1.82, 2.24) is 5.32 Å². The van der Waals surface area contributed by atoms with E-state index in [9.17, 15) is 14.9 Å². The molecule has 0 unspecified atom stereocenters. The van der Waals surface area contributed by atoms with E-state index in [0.717, 1.165) is 5.56 Å². The fourth-order valence-electron chi connectivity index (χ4n) is 2.81. The number of nitrogens with one attached hydrogen (secondary N) is 1. The molecule has 0 atom stereocenters. The Balaban J connectivity index is 1.77. The van der Waals surface area contributed by atoms with Crippen LogP contribution >= 0.6 is 22.9 Å². The molecule has 1 heterocycles. The monoisotopic (exact) mass is 423 g/mol. The normalized spacial score (nSPS) is 10.2. The van der Waals surface area contributed by atoms with E-state index in [2.05, 4.69) is 11.4 Å². The van der Waals surface area contributed by atoms with Gasteiger partial charge in [-0.2, -0.15) is 5.26 Å². The van der Waals surface area contributed by atoms with Gasteiger partial charge in [0.2, 0.25) is 5.91 Å². The van der Waals surface area contributed by atoms with Gasteiger partial charge in [-0.25, -0.2) is 0 Å². The zero-order valence-electron chi connectivity index (χ0n) is 15.5. The molecule has 0 spiro atoms. The largest absolute Gasteiger partial charge is 0.351 e. The van der Waals surface area contributed by atoms with E-state index in [0.29, 0.717) is 27.7 Å². The highest BCUT2D eigenvalue weighted by molar-refractivity contribution is 7.12. The van der Waals surface area contributed by atoms with Crippen LogP contribution in [0.1, 0.15) is 27.2 Å². The van der Waals surface area contributed by atoms with Gasteiger partial charge in [0.05, 0.1) is 22.7 Å². The Morgan fingerprint density at radius 2 is 1.90 bits per heavy atom. The number of hydrogen-bond acceptors (Lipinski definition) is 4. The number of carbonyl (C=O) groups excluding carboxylic acids is 2. The number of rotatable bonds is 7. The third kappa shape index (κ3) is 5.44. The number of carbonyl (C=O) groups is 2. The van der Waals surface area contributed by atoms with Gasteiger partial charge in [0, 0.05) is 18.0 Å². The fraction of sp³-hybridized carbons (Fsp3) is 0.136. The van der Waals surface area contributed by atoms with E-state index in [4.69, 9.17) is 11.6 Å². The van der Waals surface area contributed by atoms with Gasteiger partial charge in [-0.05, 0) is 35.2 Å². The minimum atomic E-state index is -0.209. The van der Waals surface area contributed by atoms with E-state index < -0.39 is 0 Å². The van der Waals surface area contributed by atoms with Crippen LogP contribution in [0.4, 0.5) is 5.69 Å². The molecule has 0 aliphatic carbocycles. The second kappa shape index (κ2) is 9.87. The lowest BCUT2D eigenvalue weighted by atomic mass is 10.1. The Morgan fingerprint density at radius 3 is 2.59 bits per heavy atom. The molecule has 0 fully saturated rings. The standard InChI is InChI=1S/C22H18ClN3O2S/c23-18-9-8-17(14-24)19(13-18)26(15-16-5-2-1-3-6-16)21(27)10-11-25-22(28)20-7-4-12-29-20/h1-9,12-13H,10-11,15H2,(H,25,28). The predicted molar refractivity (Wildman–Crippen MR) is 115 cm³/mol. The van der Waals surface area contributed by atoms with Crippen molar-refractivity contribution in [1.29, 1.82) is 5.26 Å². The molecule has 3 rings (SSSR count). The van der Waals surface area contributed by atoms with Crippen molar-refractivity contribution in [3.8, 4) is 6.07 Å². The third-order valence-electron chi connectivity index (χ3n) is 4.22. The maximum Gasteiger partial charge on any atom is 0.261 e. The first kappa shape index (κ1) is 20.6. The Labute approximate surface area is 178 Å². The zero-order valence-corrected chi connectivity index (χ0v) is 17.0. The smallest absolute Gasteiger partial charge is 0.261 e. The number of anilines is 1. The number of amides is 2. The lowest BCUT2D eigenvalue weighted by Crippen LogP contribution is -2.34. The molecule has 2 aromatic carbocycles. The molecule has 0 radical (unpaired) electrons. The van der Waals surface area contributed by atoms with Crippen molar-refractivity contribution in [2.75, 3.05) is 11.4 Å². The van der Waals surface area contributed by atoms with Crippen molar-refractivity contribution >= 4 is 40.4 Å². The van der Waals surface area contributed by atoms with Gasteiger partial charge in [-0.15, -0.1) is 11.3 Å². The molecule has 29 heavy (non-hydrogen) atoms. The molecule has 0 aliphatic rings. The number of halogens is 1. The quantitative estimate of drug-likeness (QED) is 0.602. The van der Waals surface area contributed by atoms with Crippen LogP contribution in [0.5, 0.6) is 0 Å². The van der Waals surface area contributed by atoms with Crippen LogP contribution in [0.15, 0.2) is 66.0 Å². The fourth-order valence-corrected chi connectivity index (χ4v) is 3.62. The summed E-state index contributed by atoms with van der Waals surface area (Å²) in [7, 11) is 0. The molecule has 1 aromatic heterocycles. The second-order valence-electron chi connectivity index (χ2n) is 6.22. The van der Waals surface area contributed by atoms with Crippen molar-refractivity contribution in [2.24, 2.45) is 0 Å². The summed E-state index contributed by atoms with van der Waals surface area (Å²) in [5.74, 6) is -0.415. The number of nitriles is 1. The summed E-state index contributed by atoms with van der Waals surface area (Å²) < 4.78 is 0. The summed E-state index contributed by atoms with van der Waals surface area (Å²) in [4.78, 5) is 27.2. The lowest BCUT2D eigenvalue weighted by Gasteiger charge is -2.24. The average Bonchev–Trinajstić information content (AvgIpc) is 3.27. The molecule has 3 aromatic rings. The summed E-state index contributed by atoms with van der Waals surface area (Å²) in [6.07, 6.45) is 0.0985. The summed E-state index contributed by atoms with van der Waals surface area (Å²) in [6.45, 7) is 0.497. The highest BCUT2D eigenvalue weighted by Gasteiger charge is 2.20. The molecule has 0 saturated heterocycles. The van der Waals surface area contributed by atoms with Crippen LogP contribution in [0.25, 0.3) is 0 Å². The summed E-state index contributed by atoms with van der Waals surface area (Å²) in [6, 6.07) is 20.0. The topological polar surface area (TPSA) is 73.2 Å². The summed E-state index contributed by atoms with van der Waals surface area (Å²) in [5, 5.41) is 14.5. The highest BCUT2D eigenvalue weighted by atomic mass is 35.5. The van der Waals surface area contributed by atoms with E-state index in [1.54, 1.807) is 30.3 Å². The summed E-state index contributed by atoms with van der Waals surface area (Å²) in [5.41, 5.74) is 1.74. The predicted octanol–water partition coefficient (Wildman–Crippen LogP) is 4.63. The van der Waals surface area contributed by atoms with Crippen LogP contribution in [0, 0.1) is 11.3 Å². The molecule has 7 heteroatoms. The number of hydrogen-bond donors (Lipinski definition) is 1. The first-order valence-electron chi connectivity index (χ1n) is 8.94. The minimum Gasteiger partial charge on any atom is -0.351 e. The molecule has 0 saturated carbocycles. The zero-order chi connectivity index (χ0) is 20.6. The van der Waals surface area contributed by atoms with Crippen LogP contribution < -0.4 is 10.2 Å². The molecule has 2 amide bonds. The van der Waals surface area contributed by atoms with Crippen molar-refractivity contribution in [3.63, 3.8) is 0 Å². The molecule has 0 bridgehead atoms. The first-order valence-corrected chi connectivity index (χ1v) is 10.2. The molecular weight excluding hydrogens is 406 g/mol. The Morgan fingerprint density at radius 1 is 1.10 bits per heavy atom. The van der Waals surface area contributed by atoms with E-state index >= 15 is 0 Å². The molecule has 146 valence electrons. The van der Waals surface area contributed by atoms with Crippen LogP contribution in [0.3, 0.4) is 0 Å². The number of nitrogens with zero attached hydrogens (tertiary/aromatic N) is 2. The Bertz CT molecular complexity index is 1030. The highest BCUT2D eigenvalue weighted by Crippen LogP contribution is 2.26. The van der Waals surface area contributed by atoms with Gasteiger partial charge >= 0.3 is 0 Å². The van der Waals surface area contributed by atoms with Crippen molar-refractivity contribution in [3.05, 3.63) is 87.1 Å². The van der Waals surface area contributed by atoms with Crippen molar-refractivity contribution in [2.45, 2.75) is 13.0 Å². The molecule has 1 N–H and O–H groups in total. The van der Waals surface area contributed by atoms with E-state index in [1.165, 1.54) is 16.2 Å². The van der Waals surface area contributed by atoms with Crippen LogP contribution in [-0.2, 0) is 11.3 Å². The van der Waals surface area contributed by atoms with Gasteiger partial charge < -0.3 is 10.2 Å². The lowest BCUT2D eigenvalue weighted by molar-refractivity contribution is -0.118. The maximum atomic E-state index is 13.0. The molecule has 5 nitrogen and oxygen atoms in total. The maximum absolute atomic E-state index is 13.0. The summed E-state index contributed by atoms with van der Waals surface area (Å²) >= 11 is 7.47. The Hall–Kier alpha value is -3.14. The van der Waals surface area contributed by atoms with E-state index in [1.807, 2.05) is 35.7 Å². The number of thiophene rings is 1. The van der Waals surface area contributed by atoms with E-state index in [-0.39, 0.29) is 24.8 Å². The van der Waals surface area contributed by atoms with Gasteiger partial charge in [-0.1, -0.05) is 48.0 Å². The minimum absolute atomic E-state index is 0.0985. The van der Waals surface area contributed by atoms with Crippen LogP contribution in [0.2, 0.25) is 5.02 Å². The Kier molecular flexibility index (Phi) is 7.01. The SMILES string of the molecule is N#Cc1ccc(Cl)cc1N(Cc1ccccc1)C(=O)CCNC(=O)c1cccs1. The first-order chi connectivity index (χ1) is 14.1. The molecular formula is C22H18ClN3O2S. The van der Waals surface area contributed by atoms with Gasteiger partial charge in [-0.3, -0.25) is 9.59 Å². The van der Waals surface area contributed by atoms with Crippen LogP contribution in [-0.4, -0.2) is 18.4 Å². The van der Waals surface area contributed by atoms with Crippen molar-refractivity contribution < 1.29 is 9.59 Å². The van der Waals surface area contributed by atoms with Gasteiger partial charge in [0.15, 0.2) is 0 Å². The number of benzene rings is 2. The van der Waals surface area contributed by atoms with Gasteiger partial charge in [0.25, 0.3) is 5.91 Å². The van der Waals surface area contributed by atoms with Gasteiger partial charge in [0.1, 0.15) is 6.07 Å². The molecule has 0 aliphatic heterocycles. The second-order valence-corrected chi connectivity index (χ2v) is 7.61. The average molecular weight is 424 g/mol. The third-order valence-corrected chi connectivity index (χ3v) is 5.33.